The molecule has 0 heterocycles. The first kappa shape index (κ1) is 7.94. The molecule has 0 saturated heterocycles. The summed E-state index contributed by atoms with van der Waals surface area (Å²) in [6.45, 7) is 0. The third kappa shape index (κ3) is 1.82. The molecular weight excluding hydrogens is 107 g/mol. The van der Waals surface area contributed by atoms with Crippen molar-refractivity contribution in [2.45, 2.75) is 5.87 Å². The molecule has 0 atom stereocenters. The maximum Gasteiger partial charge on any atom is 0.221 e. The van der Waals surface area contributed by atoms with Gasteiger partial charge in [-0.2, -0.15) is 0 Å². The van der Waals surface area contributed by atoms with Crippen LogP contribution in [-0.2, 0) is 14.2 Å². The van der Waals surface area contributed by atoms with E-state index < -0.39 is 5.87 Å². The number of methoxy groups -OCH3 is 3. The minimum Gasteiger partial charge on any atom is -0.340 e. The van der Waals surface area contributed by atoms with Crippen molar-refractivity contribution in [3.05, 3.63) is 0 Å². The summed E-state index contributed by atoms with van der Waals surface area (Å²) in [5, 5.41) is 0. The molecule has 0 aromatic carbocycles. The Bertz CT molecular complexity index is 54.0. The van der Waals surface area contributed by atoms with Crippen molar-refractivity contribution < 1.29 is 14.2 Å². The standard InChI is InChI=1S/C4H9BO3/c1-6-4(5,7-2)8-3/h1-3H3. The fourth-order valence-corrected chi connectivity index (χ4v) is 0.250. The zero-order valence-corrected chi connectivity index (χ0v) is 5.30. The van der Waals surface area contributed by atoms with Crippen LogP contribution in [0.3, 0.4) is 0 Å². The molecule has 2 radical (unpaired) electrons. The van der Waals surface area contributed by atoms with Gasteiger partial charge in [0, 0.05) is 21.3 Å². The van der Waals surface area contributed by atoms with Crippen molar-refractivity contribution in [2.24, 2.45) is 0 Å². The normalized spacial score (nSPS) is 11.9. The first-order valence-corrected chi connectivity index (χ1v) is 2.13. The van der Waals surface area contributed by atoms with E-state index >= 15 is 0 Å². The topological polar surface area (TPSA) is 27.7 Å². The van der Waals surface area contributed by atoms with E-state index in [0.717, 1.165) is 0 Å². The van der Waals surface area contributed by atoms with Gasteiger partial charge < -0.3 is 14.2 Å². The van der Waals surface area contributed by atoms with Crippen LogP contribution in [0.1, 0.15) is 0 Å². The molecular formula is C4H9BO3. The molecule has 0 saturated carbocycles. The lowest BCUT2D eigenvalue weighted by Gasteiger charge is -2.24. The monoisotopic (exact) mass is 116 g/mol. The van der Waals surface area contributed by atoms with E-state index in [2.05, 4.69) is 14.2 Å². The molecule has 46 valence electrons. The van der Waals surface area contributed by atoms with Gasteiger partial charge in [0.25, 0.3) is 0 Å². The van der Waals surface area contributed by atoms with E-state index in [0.29, 0.717) is 0 Å². The summed E-state index contributed by atoms with van der Waals surface area (Å²) < 4.78 is 13.7. The Morgan fingerprint density at radius 3 is 1.25 bits per heavy atom. The SMILES string of the molecule is [B]C(OC)(OC)OC. The molecule has 0 spiro atoms. The first-order valence-electron chi connectivity index (χ1n) is 2.13. The Labute approximate surface area is 50.3 Å². The van der Waals surface area contributed by atoms with Crippen LogP contribution in [0.15, 0.2) is 0 Å². The Hall–Kier alpha value is -0.0551. The predicted octanol–water partition coefficient (Wildman–Crippen LogP) is -0.295. The van der Waals surface area contributed by atoms with Gasteiger partial charge >= 0.3 is 0 Å². The highest BCUT2D eigenvalue weighted by Crippen LogP contribution is 2.03. The van der Waals surface area contributed by atoms with Gasteiger partial charge in [0.05, 0.1) is 0 Å². The summed E-state index contributed by atoms with van der Waals surface area (Å²) in [4.78, 5) is 0. The quantitative estimate of drug-likeness (QED) is 0.374. The summed E-state index contributed by atoms with van der Waals surface area (Å²) in [6.07, 6.45) is 0. The lowest BCUT2D eigenvalue weighted by atomic mass is 10.1. The van der Waals surface area contributed by atoms with Gasteiger partial charge in [-0.3, -0.25) is 0 Å². The molecule has 0 N–H and O–H groups in total. The summed E-state index contributed by atoms with van der Waals surface area (Å²) in [7, 11) is 9.42. The van der Waals surface area contributed by atoms with Crippen molar-refractivity contribution in [1.29, 1.82) is 0 Å². The average molecular weight is 116 g/mol. The highest BCUT2D eigenvalue weighted by atomic mass is 16.9. The van der Waals surface area contributed by atoms with Gasteiger partial charge in [0.2, 0.25) is 5.87 Å². The van der Waals surface area contributed by atoms with Gasteiger partial charge in [-0.1, -0.05) is 0 Å². The first-order chi connectivity index (χ1) is 3.68. The summed E-state index contributed by atoms with van der Waals surface area (Å²) >= 11 is 0. The minimum atomic E-state index is -1.38. The predicted molar refractivity (Wildman–Crippen MR) is 29.5 cm³/mol. The number of ether oxygens (including phenoxy) is 3. The summed E-state index contributed by atoms with van der Waals surface area (Å²) in [6, 6.07) is 0. The van der Waals surface area contributed by atoms with Gasteiger partial charge in [-0.15, -0.1) is 0 Å². The fraction of sp³-hybridized carbons (Fsp3) is 1.00. The Morgan fingerprint density at radius 1 is 1.00 bits per heavy atom. The van der Waals surface area contributed by atoms with Crippen LogP contribution in [0.2, 0.25) is 0 Å². The number of hydrogen-bond donors (Lipinski definition) is 0. The smallest absolute Gasteiger partial charge is 0.221 e. The maximum absolute atomic E-state index is 5.23. The zero-order valence-electron chi connectivity index (χ0n) is 5.30. The van der Waals surface area contributed by atoms with Crippen molar-refractivity contribution in [1.82, 2.24) is 0 Å². The van der Waals surface area contributed by atoms with Crippen LogP contribution in [0.25, 0.3) is 0 Å². The number of hydrogen-bond acceptors (Lipinski definition) is 3. The van der Waals surface area contributed by atoms with Crippen LogP contribution in [0.4, 0.5) is 0 Å². The van der Waals surface area contributed by atoms with Gasteiger partial charge in [-0.25, -0.2) is 0 Å². The molecule has 8 heavy (non-hydrogen) atoms. The Balaban J connectivity index is 3.58. The summed E-state index contributed by atoms with van der Waals surface area (Å²) in [5.74, 6) is -1.38. The molecule has 0 rings (SSSR count). The van der Waals surface area contributed by atoms with E-state index in [4.69, 9.17) is 7.85 Å². The summed E-state index contributed by atoms with van der Waals surface area (Å²) in [5.41, 5.74) is 0. The van der Waals surface area contributed by atoms with E-state index in [1.807, 2.05) is 0 Å². The molecule has 3 nitrogen and oxygen atoms in total. The van der Waals surface area contributed by atoms with Crippen LogP contribution in [0.5, 0.6) is 0 Å². The van der Waals surface area contributed by atoms with Crippen molar-refractivity contribution in [3.63, 3.8) is 0 Å². The second kappa shape index (κ2) is 3.07. The largest absolute Gasteiger partial charge is 0.340 e. The lowest BCUT2D eigenvalue weighted by Crippen LogP contribution is -2.36. The lowest BCUT2D eigenvalue weighted by molar-refractivity contribution is -0.292. The van der Waals surface area contributed by atoms with E-state index in [1.165, 1.54) is 21.3 Å². The van der Waals surface area contributed by atoms with E-state index in [9.17, 15) is 0 Å². The van der Waals surface area contributed by atoms with Gasteiger partial charge in [0.1, 0.15) is 0 Å². The molecule has 0 aromatic heterocycles. The molecule has 0 aromatic rings. The van der Waals surface area contributed by atoms with Gasteiger partial charge in [0.15, 0.2) is 7.85 Å². The molecule has 0 aliphatic carbocycles. The zero-order chi connectivity index (χ0) is 6.62. The molecule has 0 aliphatic heterocycles. The molecule has 0 aliphatic rings. The third-order valence-corrected chi connectivity index (χ3v) is 0.854. The van der Waals surface area contributed by atoms with Gasteiger partial charge in [-0.05, 0) is 0 Å². The van der Waals surface area contributed by atoms with Crippen LogP contribution < -0.4 is 0 Å². The third-order valence-electron chi connectivity index (χ3n) is 0.854. The van der Waals surface area contributed by atoms with E-state index in [1.54, 1.807) is 0 Å². The van der Waals surface area contributed by atoms with Crippen molar-refractivity contribution >= 4 is 7.85 Å². The Morgan fingerprint density at radius 2 is 1.25 bits per heavy atom. The van der Waals surface area contributed by atoms with E-state index in [-0.39, 0.29) is 0 Å². The minimum absolute atomic E-state index is 1.38. The molecule has 0 unspecified atom stereocenters. The average Bonchev–Trinajstić information content (AvgIpc) is 1.87. The molecule has 0 amide bonds. The fourth-order valence-electron chi connectivity index (χ4n) is 0.250. The Kier molecular flexibility index (Phi) is 3.05. The molecule has 4 heteroatoms. The number of rotatable bonds is 3. The molecule has 0 fully saturated rings. The molecule has 0 bridgehead atoms. The van der Waals surface area contributed by atoms with Crippen LogP contribution in [-0.4, -0.2) is 35.0 Å². The second-order valence-corrected chi connectivity index (χ2v) is 1.22. The second-order valence-electron chi connectivity index (χ2n) is 1.22. The van der Waals surface area contributed by atoms with Crippen LogP contribution in [0, 0.1) is 0 Å². The highest BCUT2D eigenvalue weighted by Gasteiger charge is 2.19. The highest BCUT2D eigenvalue weighted by molar-refractivity contribution is 6.12. The van der Waals surface area contributed by atoms with Crippen molar-refractivity contribution in [3.8, 4) is 0 Å². The van der Waals surface area contributed by atoms with Crippen LogP contribution >= 0.6 is 0 Å². The van der Waals surface area contributed by atoms with Crippen molar-refractivity contribution in [2.75, 3.05) is 21.3 Å². The maximum atomic E-state index is 5.23.